The van der Waals surface area contributed by atoms with Gasteiger partial charge < -0.3 is 4.74 Å². The minimum absolute atomic E-state index is 0.0613. The fraction of sp³-hybridized carbons (Fsp3) is 0.391. The van der Waals surface area contributed by atoms with E-state index in [0.29, 0.717) is 5.75 Å². The van der Waals surface area contributed by atoms with Crippen molar-refractivity contribution in [3.63, 3.8) is 0 Å². The standard InChI is InChI=1S/C23H30N2O2/c1-5-6-12-21(18-10-8-7-9-11-18)24-25-22(26)17-27-20-15-13-19(14-16-20)23(2,3)4/h7-11,13-16H,5-6,12,17H2,1-4H3,(H,25,26)/b24-21+. The van der Waals surface area contributed by atoms with Gasteiger partial charge in [-0.1, -0.05) is 76.6 Å². The van der Waals surface area contributed by atoms with Gasteiger partial charge >= 0.3 is 0 Å². The van der Waals surface area contributed by atoms with E-state index in [4.69, 9.17) is 4.74 Å². The second kappa shape index (κ2) is 9.91. The molecule has 2 aromatic rings. The van der Waals surface area contributed by atoms with Crippen LogP contribution in [-0.2, 0) is 10.2 Å². The first-order valence-corrected chi connectivity index (χ1v) is 9.54. The molecule has 0 radical (unpaired) electrons. The third-order valence-electron chi connectivity index (χ3n) is 4.28. The Bertz CT molecular complexity index is 744. The van der Waals surface area contributed by atoms with E-state index in [1.807, 2.05) is 54.6 Å². The zero-order chi connectivity index (χ0) is 19.7. The molecule has 0 fully saturated rings. The van der Waals surface area contributed by atoms with Gasteiger partial charge in [-0.3, -0.25) is 4.79 Å². The van der Waals surface area contributed by atoms with E-state index in [2.05, 4.69) is 38.2 Å². The Morgan fingerprint density at radius 3 is 2.30 bits per heavy atom. The smallest absolute Gasteiger partial charge is 0.277 e. The zero-order valence-electron chi connectivity index (χ0n) is 16.8. The number of benzene rings is 2. The molecule has 4 nitrogen and oxygen atoms in total. The Morgan fingerprint density at radius 2 is 1.70 bits per heavy atom. The van der Waals surface area contributed by atoms with Gasteiger partial charge in [0.15, 0.2) is 6.61 Å². The number of amides is 1. The number of nitrogens with one attached hydrogen (secondary N) is 1. The van der Waals surface area contributed by atoms with Crippen LogP contribution in [0.15, 0.2) is 59.7 Å². The quantitative estimate of drug-likeness (QED) is 0.523. The van der Waals surface area contributed by atoms with Crippen molar-refractivity contribution in [2.75, 3.05) is 6.61 Å². The van der Waals surface area contributed by atoms with Crippen molar-refractivity contribution in [2.45, 2.75) is 52.4 Å². The van der Waals surface area contributed by atoms with Crippen molar-refractivity contribution in [1.29, 1.82) is 0 Å². The van der Waals surface area contributed by atoms with Gasteiger partial charge in [0.2, 0.25) is 0 Å². The van der Waals surface area contributed by atoms with E-state index in [1.165, 1.54) is 5.56 Å². The van der Waals surface area contributed by atoms with E-state index in [9.17, 15) is 4.79 Å². The summed E-state index contributed by atoms with van der Waals surface area (Å²) in [5.74, 6) is 0.413. The molecule has 4 heteroatoms. The lowest BCUT2D eigenvalue weighted by molar-refractivity contribution is -0.123. The van der Waals surface area contributed by atoms with Gasteiger partial charge in [-0.2, -0.15) is 5.10 Å². The number of hydrogen-bond acceptors (Lipinski definition) is 3. The molecule has 0 saturated carbocycles. The number of ether oxygens (including phenoxy) is 1. The molecule has 144 valence electrons. The highest BCUT2D eigenvalue weighted by molar-refractivity contribution is 6.01. The van der Waals surface area contributed by atoms with Crippen molar-refractivity contribution < 1.29 is 9.53 Å². The molecule has 2 aromatic carbocycles. The van der Waals surface area contributed by atoms with Crippen LogP contribution in [-0.4, -0.2) is 18.2 Å². The predicted molar refractivity (Wildman–Crippen MR) is 111 cm³/mol. The third-order valence-corrected chi connectivity index (χ3v) is 4.28. The second-order valence-corrected chi connectivity index (χ2v) is 7.63. The van der Waals surface area contributed by atoms with Gasteiger partial charge in [0.05, 0.1) is 5.71 Å². The lowest BCUT2D eigenvalue weighted by atomic mass is 9.87. The van der Waals surface area contributed by atoms with Crippen molar-refractivity contribution >= 4 is 11.6 Å². The van der Waals surface area contributed by atoms with Crippen molar-refractivity contribution in [3.8, 4) is 5.75 Å². The summed E-state index contributed by atoms with van der Waals surface area (Å²) in [5.41, 5.74) is 5.86. The van der Waals surface area contributed by atoms with Crippen LogP contribution in [0, 0.1) is 0 Å². The number of unbranched alkanes of at least 4 members (excludes halogenated alkanes) is 1. The van der Waals surface area contributed by atoms with Crippen molar-refractivity contribution in [2.24, 2.45) is 5.10 Å². The number of carbonyl (C=O) groups is 1. The average molecular weight is 367 g/mol. The van der Waals surface area contributed by atoms with Crippen LogP contribution in [0.4, 0.5) is 0 Å². The molecule has 0 spiro atoms. The lowest BCUT2D eigenvalue weighted by Crippen LogP contribution is -2.26. The van der Waals surface area contributed by atoms with Gasteiger partial charge in [0.1, 0.15) is 5.75 Å². The van der Waals surface area contributed by atoms with E-state index >= 15 is 0 Å². The third kappa shape index (κ3) is 6.89. The van der Waals surface area contributed by atoms with Crippen LogP contribution >= 0.6 is 0 Å². The van der Waals surface area contributed by atoms with Gasteiger partial charge in [-0.25, -0.2) is 5.43 Å². The van der Waals surface area contributed by atoms with Gasteiger partial charge in [-0.05, 0) is 41.5 Å². The summed E-state index contributed by atoms with van der Waals surface area (Å²) in [7, 11) is 0. The number of nitrogens with zero attached hydrogens (tertiary/aromatic N) is 1. The number of rotatable bonds is 8. The molecule has 0 aromatic heterocycles. The molecule has 0 aliphatic heterocycles. The zero-order valence-corrected chi connectivity index (χ0v) is 16.8. The van der Waals surface area contributed by atoms with Crippen LogP contribution in [0.2, 0.25) is 0 Å². The minimum Gasteiger partial charge on any atom is -0.484 e. The molecular weight excluding hydrogens is 336 g/mol. The average Bonchev–Trinajstić information content (AvgIpc) is 2.67. The van der Waals surface area contributed by atoms with E-state index in [0.717, 1.165) is 30.5 Å². The number of carbonyl (C=O) groups excluding carboxylic acids is 1. The molecule has 1 amide bonds. The van der Waals surface area contributed by atoms with E-state index in [1.54, 1.807) is 0 Å². The Labute approximate surface area is 162 Å². The maximum absolute atomic E-state index is 12.1. The van der Waals surface area contributed by atoms with Gasteiger partial charge in [0, 0.05) is 0 Å². The molecule has 2 rings (SSSR count). The van der Waals surface area contributed by atoms with Crippen LogP contribution in [0.3, 0.4) is 0 Å². The summed E-state index contributed by atoms with van der Waals surface area (Å²) in [6.07, 6.45) is 2.93. The SMILES string of the molecule is CCCC/C(=N\NC(=O)COc1ccc(C(C)(C)C)cc1)c1ccccc1. The maximum Gasteiger partial charge on any atom is 0.277 e. The molecule has 0 aliphatic rings. The minimum atomic E-state index is -0.264. The Morgan fingerprint density at radius 1 is 1.04 bits per heavy atom. The first-order valence-electron chi connectivity index (χ1n) is 9.54. The van der Waals surface area contributed by atoms with Crippen LogP contribution in [0.25, 0.3) is 0 Å². The first kappa shape index (κ1) is 20.7. The fourth-order valence-corrected chi connectivity index (χ4v) is 2.60. The molecule has 27 heavy (non-hydrogen) atoms. The Kier molecular flexibility index (Phi) is 7.59. The number of hydrazone groups is 1. The molecule has 0 bridgehead atoms. The lowest BCUT2D eigenvalue weighted by Gasteiger charge is -2.19. The monoisotopic (exact) mass is 366 g/mol. The second-order valence-electron chi connectivity index (χ2n) is 7.63. The molecule has 0 heterocycles. The van der Waals surface area contributed by atoms with Gasteiger partial charge in [0.25, 0.3) is 5.91 Å². The summed E-state index contributed by atoms with van der Waals surface area (Å²) in [6, 6.07) is 17.8. The molecule has 0 saturated heterocycles. The van der Waals surface area contributed by atoms with Crippen molar-refractivity contribution in [1.82, 2.24) is 5.43 Å². The maximum atomic E-state index is 12.1. The summed E-state index contributed by atoms with van der Waals surface area (Å²) >= 11 is 0. The van der Waals surface area contributed by atoms with Crippen LogP contribution in [0.1, 0.15) is 58.1 Å². The van der Waals surface area contributed by atoms with Crippen LogP contribution < -0.4 is 10.2 Å². The highest BCUT2D eigenvalue weighted by Crippen LogP contribution is 2.24. The predicted octanol–water partition coefficient (Wildman–Crippen LogP) is 5.07. The summed E-state index contributed by atoms with van der Waals surface area (Å²) in [4.78, 5) is 12.1. The fourth-order valence-electron chi connectivity index (χ4n) is 2.60. The largest absolute Gasteiger partial charge is 0.484 e. The van der Waals surface area contributed by atoms with Crippen LogP contribution in [0.5, 0.6) is 5.75 Å². The summed E-state index contributed by atoms with van der Waals surface area (Å²) < 4.78 is 5.57. The molecule has 1 N–H and O–H groups in total. The molecule has 0 aliphatic carbocycles. The topological polar surface area (TPSA) is 50.7 Å². The summed E-state index contributed by atoms with van der Waals surface area (Å²) in [5, 5.41) is 4.33. The van der Waals surface area contributed by atoms with Gasteiger partial charge in [-0.15, -0.1) is 0 Å². The molecular formula is C23H30N2O2. The first-order chi connectivity index (χ1) is 12.9. The summed E-state index contributed by atoms with van der Waals surface area (Å²) in [6.45, 7) is 8.57. The van der Waals surface area contributed by atoms with E-state index in [-0.39, 0.29) is 17.9 Å². The molecule has 0 atom stereocenters. The highest BCUT2D eigenvalue weighted by atomic mass is 16.5. The molecule has 0 unspecified atom stereocenters. The van der Waals surface area contributed by atoms with Crippen molar-refractivity contribution in [3.05, 3.63) is 65.7 Å². The normalized spacial score (nSPS) is 11.9. The highest BCUT2D eigenvalue weighted by Gasteiger charge is 2.13. The van der Waals surface area contributed by atoms with E-state index < -0.39 is 0 Å². The number of hydrogen-bond donors (Lipinski definition) is 1. The Hall–Kier alpha value is -2.62. The Balaban J connectivity index is 1.92.